The smallest absolute Gasteiger partial charge is 0.0591 e. The van der Waals surface area contributed by atoms with Crippen molar-refractivity contribution < 1.29 is 4.74 Å². The Hall–Kier alpha value is -1.06. The van der Waals surface area contributed by atoms with Gasteiger partial charge in [-0.05, 0) is 37.3 Å². The van der Waals surface area contributed by atoms with Crippen LogP contribution in [0.3, 0.4) is 0 Å². The Kier molecular flexibility index (Phi) is 4.40. The van der Waals surface area contributed by atoms with Crippen molar-refractivity contribution in [1.82, 2.24) is 5.32 Å². The minimum atomic E-state index is 0.794. The number of nitrogens with one attached hydrogen (secondary N) is 1. The van der Waals surface area contributed by atoms with Crippen LogP contribution >= 0.6 is 0 Å². The first-order valence-corrected chi connectivity index (χ1v) is 6.39. The predicted molar refractivity (Wildman–Crippen MR) is 70.8 cm³/mol. The standard InChI is InChI=1S/C14H22N2O/c1-11-2-5-14(15)13(8-11)9-16-6-7-17-10-12-3-4-12/h2,5,8,12,16H,3-4,6-7,9-10,15H2,1H3. The van der Waals surface area contributed by atoms with Crippen LogP contribution in [0.5, 0.6) is 0 Å². The summed E-state index contributed by atoms with van der Waals surface area (Å²) in [4.78, 5) is 0. The molecule has 0 amide bonds. The number of rotatable bonds is 7. The van der Waals surface area contributed by atoms with Crippen molar-refractivity contribution in [1.29, 1.82) is 0 Å². The van der Waals surface area contributed by atoms with Crippen molar-refractivity contribution in [3.8, 4) is 0 Å². The van der Waals surface area contributed by atoms with E-state index >= 15 is 0 Å². The first kappa shape index (κ1) is 12.4. The molecule has 3 nitrogen and oxygen atoms in total. The summed E-state index contributed by atoms with van der Waals surface area (Å²) >= 11 is 0. The number of aryl methyl sites for hydroxylation is 1. The van der Waals surface area contributed by atoms with Gasteiger partial charge in [0.25, 0.3) is 0 Å². The van der Waals surface area contributed by atoms with Gasteiger partial charge in [-0.25, -0.2) is 0 Å². The molecule has 0 bridgehead atoms. The minimum Gasteiger partial charge on any atom is -0.398 e. The van der Waals surface area contributed by atoms with Gasteiger partial charge in [-0.15, -0.1) is 0 Å². The summed E-state index contributed by atoms with van der Waals surface area (Å²) in [5, 5.41) is 3.36. The Morgan fingerprint density at radius 3 is 3.00 bits per heavy atom. The van der Waals surface area contributed by atoms with Crippen LogP contribution in [0.15, 0.2) is 18.2 Å². The molecule has 1 aliphatic carbocycles. The largest absolute Gasteiger partial charge is 0.398 e. The molecule has 0 aliphatic heterocycles. The van der Waals surface area contributed by atoms with E-state index in [4.69, 9.17) is 10.5 Å². The number of hydrogen-bond acceptors (Lipinski definition) is 3. The molecule has 2 rings (SSSR count). The second-order valence-electron chi connectivity index (χ2n) is 4.90. The molecule has 1 aromatic carbocycles. The lowest BCUT2D eigenvalue weighted by molar-refractivity contribution is 0.126. The summed E-state index contributed by atoms with van der Waals surface area (Å²) in [7, 11) is 0. The number of anilines is 1. The molecule has 0 unspecified atom stereocenters. The molecule has 1 saturated carbocycles. The highest BCUT2D eigenvalue weighted by Crippen LogP contribution is 2.28. The molecule has 0 spiro atoms. The van der Waals surface area contributed by atoms with Crippen LogP contribution < -0.4 is 11.1 Å². The van der Waals surface area contributed by atoms with E-state index in [1.54, 1.807) is 0 Å². The molecular weight excluding hydrogens is 212 g/mol. The van der Waals surface area contributed by atoms with Gasteiger partial charge in [0.1, 0.15) is 0 Å². The van der Waals surface area contributed by atoms with Gasteiger partial charge in [-0.1, -0.05) is 17.7 Å². The molecule has 1 fully saturated rings. The van der Waals surface area contributed by atoms with Crippen molar-refractivity contribution in [2.75, 3.05) is 25.5 Å². The van der Waals surface area contributed by atoms with Crippen molar-refractivity contribution >= 4 is 5.69 Å². The fourth-order valence-electron chi connectivity index (χ4n) is 1.79. The van der Waals surface area contributed by atoms with Crippen molar-refractivity contribution in [2.45, 2.75) is 26.3 Å². The van der Waals surface area contributed by atoms with E-state index in [9.17, 15) is 0 Å². The van der Waals surface area contributed by atoms with Gasteiger partial charge in [0.15, 0.2) is 0 Å². The Labute approximate surface area is 103 Å². The Morgan fingerprint density at radius 2 is 2.24 bits per heavy atom. The molecule has 0 radical (unpaired) electrons. The van der Waals surface area contributed by atoms with E-state index in [2.05, 4.69) is 18.3 Å². The zero-order valence-corrected chi connectivity index (χ0v) is 10.5. The van der Waals surface area contributed by atoms with Gasteiger partial charge in [0.05, 0.1) is 6.61 Å². The molecule has 3 N–H and O–H groups in total. The number of nitrogen functional groups attached to an aromatic ring is 1. The second kappa shape index (κ2) is 6.03. The number of benzene rings is 1. The molecule has 94 valence electrons. The average molecular weight is 234 g/mol. The van der Waals surface area contributed by atoms with Crippen LogP contribution in [-0.4, -0.2) is 19.8 Å². The van der Waals surface area contributed by atoms with Gasteiger partial charge in [0, 0.05) is 25.4 Å². The highest BCUT2D eigenvalue weighted by Gasteiger charge is 2.20. The van der Waals surface area contributed by atoms with Crippen LogP contribution in [0.2, 0.25) is 0 Å². The summed E-state index contributed by atoms with van der Waals surface area (Å²) in [6.45, 7) is 5.53. The molecule has 1 aliphatic rings. The van der Waals surface area contributed by atoms with Crippen LogP contribution in [0.1, 0.15) is 24.0 Å². The van der Waals surface area contributed by atoms with Crippen molar-refractivity contribution in [3.63, 3.8) is 0 Å². The second-order valence-corrected chi connectivity index (χ2v) is 4.90. The van der Waals surface area contributed by atoms with E-state index in [-0.39, 0.29) is 0 Å². The first-order valence-electron chi connectivity index (χ1n) is 6.39. The van der Waals surface area contributed by atoms with E-state index in [0.29, 0.717) is 0 Å². The fraction of sp³-hybridized carbons (Fsp3) is 0.571. The first-order chi connectivity index (χ1) is 8.25. The van der Waals surface area contributed by atoms with Gasteiger partial charge in [0.2, 0.25) is 0 Å². The summed E-state index contributed by atoms with van der Waals surface area (Å²) < 4.78 is 5.56. The van der Waals surface area contributed by atoms with E-state index < -0.39 is 0 Å². The SMILES string of the molecule is Cc1ccc(N)c(CNCCOCC2CC2)c1. The lowest BCUT2D eigenvalue weighted by Gasteiger charge is -2.09. The number of ether oxygens (including phenoxy) is 1. The summed E-state index contributed by atoms with van der Waals surface area (Å²) in [5.41, 5.74) is 9.19. The summed E-state index contributed by atoms with van der Waals surface area (Å²) in [6, 6.07) is 6.14. The number of nitrogens with two attached hydrogens (primary N) is 1. The molecule has 0 heterocycles. The van der Waals surface area contributed by atoms with Crippen LogP contribution in [0, 0.1) is 12.8 Å². The Bertz CT molecular complexity index is 361. The molecule has 0 atom stereocenters. The van der Waals surface area contributed by atoms with Crippen molar-refractivity contribution in [2.24, 2.45) is 5.92 Å². The van der Waals surface area contributed by atoms with Crippen LogP contribution in [0.4, 0.5) is 5.69 Å². The molecule has 0 saturated heterocycles. The Balaban J connectivity index is 1.61. The van der Waals surface area contributed by atoms with Crippen LogP contribution in [-0.2, 0) is 11.3 Å². The summed E-state index contributed by atoms with van der Waals surface area (Å²) in [6.07, 6.45) is 2.71. The third-order valence-corrected chi connectivity index (χ3v) is 3.09. The molecule has 17 heavy (non-hydrogen) atoms. The monoisotopic (exact) mass is 234 g/mol. The van der Waals surface area contributed by atoms with E-state index in [0.717, 1.165) is 37.9 Å². The highest BCUT2D eigenvalue weighted by atomic mass is 16.5. The van der Waals surface area contributed by atoms with Crippen molar-refractivity contribution in [3.05, 3.63) is 29.3 Å². The maximum absolute atomic E-state index is 5.91. The third kappa shape index (κ3) is 4.36. The molecule has 1 aromatic rings. The zero-order valence-electron chi connectivity index (χ0n) is 10.5. The molecule has 3 heteroatoms. The van der Waals surface area contributed by atoms with Crippen LogP contribution in [0.25, 0.3) is 0 Å². The minimum absolute atomic E-state index is 0.794. The van der Waals surface area contributed by atoms with Gasteiger partial charge < -0.3 is 15.8 Å². The normalized spacial score (nSPS) is 15.1. The average Bonchev–Trinajstić information content (AvgIpc) is 3.11. The lowest BCUT2D eigenvalue weighted by Crippen LogP contribution is -2.20. The topological polar surface area (TPSA) is 47.3 Å². The fourth-order valence-corrected chi connectivity index (χ4v) is 1.79. The quantitative estimate of drug-likeness (QED) is 0.561. The van der Waals surface area contributed by atoms with Gasteiger partial charge in [-0.2, -0.15) is 0 Å². The maximum Gasteiger partial charge on any atom is 0.0591 e. The lowest BCUT2D eigenvalue weighted by atomic mass is 10.1. The van der Waals surface area contributed by atoms with E-state index in [1.807, 2.05) is 12.1 Å². The summed E-state index contributed by atoms with van der Waals surface area (Å²) in [5.74, 6) is 0.849. The zero-order chi connectivity index (χ0) is 12.1. The Morgan fingerprint density at radius 1 is 1.41 bits per heavy atom. The van der Waals surface area contributed by atoms with Gasteiger partial charge in [-0.3, -0.25) is 0 Å². The maximum atomic E-state index is 5.91. The van der Waals surface area contributed by atoms with Gasteiger partial charge >= 0.3 is 0 Å². The van der Waals surface area contributed by atoms with E-state index in [1.165, 1.54) is 24.0 Å². The highest BCUT2D eigenvalue weighted by molar-refractivity contribution is 5.48. The predicted octanol–water partition coefficient (Wildman–Crippen LogP) is 2.09. The number of hydrogen-bond donors (Lipinski definition) is 2. The molecule has 0 aromatic heterocycles. The third-order valence-electron chi connectivity index (χ3n) is 3.09. The molecular formula is C14H22N2O.